The lowest BCUT2D eigenvalue weighted by molar-refractivity contribution is -0.935. The summed E-state index contributed by atoms with van der Waals surface area (Å²) in [5, 5.41) is 0.449. The quantitative estimate of drug-likeness (QED) is 0.682. The molecule has 0 unspecified atom stereocenters. The molecule has 2 aromatic rings. The third kappa shape index (κ3) is 4.35. The van der Waals surface area contributed by atoms with E-state index in [1.54, 1.807) is 13.8 Å². The average molecular weight is 423 g/mol. The molecule has 1 saturated heterocycles. The van der Waals surface area contributed by atoms with E-state index in [0.717, 1.165) is 25.9 Å². The number of likely N-dealkylation sites (tertiary alicyclic amines) is 1. The standard InChI is InChI=1S/C20H27N3O5S/c1-5-27-19(25)13-7-9-23(10-8-13)12(4)16-21-17(24)14-11(3)15(20(26)28-6-2)29-18(14)22-16/h12-13H,5-10H2,1-4H3,(H,21,22,24)/p+1/t12-/m1/s1. The molecule has 9 heteroatoms. The molecule has 3 rings (SSSR count). The van der Waals surface area contributed by atoms with Crippen LogP contribution in [0.2, 0.25) is 0 Å². The molecule has 29 heavy (non-hydrogen) atoms. The zero-order valence-electron chi connectivity index (χ0n) is 17.3. The highest BCUT2D eigenvalue weighted by Crippen LogP contribution is 2.28. The maximum absolute atomic E-state index is 12.7. The lowest BCUT2D eigenvalue weighted by Crippen LogP contribution is -3.13. The molecule has 2 aromatic heterocycles. The summed E-state index contributed by atoms with van der Waals surface area (Å²) in [6.45, 7) is 9.64. The van der Waals surface area contributed by atoms with Gasteiger partial charge in [-0.3, -0.25) is 9.59 Å². The van der Waals surface area contributed by atoms with E-state index >= 15 is 0 Å². The molecule has 0 amide bonds. The predicted octanol–water partition coefficient (Wildman–Crippen LogP) is 1.39. The van der Waals surface area contributed by atoms with Gasteiger partial charge in [0.2, 0.25) is 0 Å². The number of nitrogens with one attached hydrogen (secondary N) is 2. The van der Waals surface area contributed by atoms with Gasteiger partial charge in [0.15, 0.2) is 5.82 Å². The number of carbonyl (C=O) groups excluding carboxylic acids is 2. The Bertz CT molecular complexity index is 959. The predicted molar refractivity (Wildman–Crippen MR) is 109 cm³/mol. The van der Waals surface area contributed by atoms with Gasteiger partial charge >= 0.3 is 11.9 Å². The molecule has 0 saturated carbocycles. The number of aromatic amines is 1. The Kier molecular flexibility index (Phi) is 6.69. The summed E-state index contributed by atoms with van der Waals surface area (Å²) < 4.78 is 10.2. The van der Waals surface area contributed by atoms with Crippen LogP contribution in [0.4, 0.5) is 0 Å². The molecule has 8 nitrogen and oxygen atoms in total. The Morgan fingerprint density at radius 2 is 1.90 bits per heavy atom. The van der Waals surface area contributed by atoms with E-state index in [4.69, 9.17) is 9.47 Å². The molecule has 0 spiro atoms. The fraction of sp³-hybridized carbons (Fsp3) is 0.600. The van der Waals surface area contributed by atoms with Gasteiger partial charge in [-0.1, -0.05) is 0 Å². The minimum Gasteiger partial charge on any atom is -0.466 e. The summed E-state index contributed by atoms with van der Waals surface area (Å²) in [6.07, 6.45) is 1.52. The smallest absolute Gasteiger partial charge is 0.348 e. The highest BCUT2D eigenvalue weighted by atomic mass is 32.1. The van der Waals surface area contributed by atoms with Gasteiger partial charge in [-0.2, -0.15) is 0 Å². The second kappa shape index (κ2) is 9.04. The number of carbonyl (C=O) groups is 2. The summed E-state index contributed by atoms with van der Waals surface area (Å²) in [5.41, 5.74) is 0.376. The molecule has 0 radical (unpaired) electrons. The van der Waals surface area contributed by atoms with Crippen LogP contribution in [-0.4, -0.2) is 48.2 Å². The maximum atomic E-state index is 12.7. The number of piperidine rings is 1. The molecule has 2 N–H and O–H groups in total. The summed E-state index contributed by atoms with van der Waals surface area (Å²) in [5.74, 6) is 0.0117. The molecule has 0 aromatic carbocycles. The number of thiophene rings is 1. The number of aryl methyl sites for hydroxylation is 1. The van der Waals surface area contributed by atoms with E-state index in [0.29, 0.717) is 33.1 Å². The van der Waals surface area contributed by atoms with Crippen molar-refractivity contribution in [1.29, 1.82) is 0 Å². The van der Waals surface area contributed by atoms with E-state index in [2.05, 4.69) is 9.97 Å². The topological polar surface area (TPSA) is 103 Å². The average Bonchev–Trinajstić information content (AvgIpc) is 3.05. The molecular weight excluding hydrogens is 394 g/mol. The molecule has 1 fully saturated rings. The Morgan fingerprint density at radius 1 is 1.24 bits per heavy atom. The van der Waals surface area contributed by atoms with Crippen LogP contribution in [0, 0.1) is 12.8 Å². The molecule has 1 aliphatic heterocycles. The van der Waals surface area contributed by atoms with Crippen molar-refractivity contribution in [3.8, 4) is 0 Å². The molecule has 1 atom stereocenters. The van der Waals surface area contributed by atoms with Gasteiger partial charge in [0.05, 0.1) is 37.6 Å². The largest absolute Gasteiger partial charge is 0.466 e. The second-order valence-electron chi connectivity index (χ2n) is 7.31. The van der Waals surface area contributed by atoms with E-state index in [1.807, 2.05) is 13.8 Å². The first-order valence-electron chi connectivity index (χ1n) is 10.1. The highest BCUT2D eigenvalue weighted by molar-refractivity contribution is 7.20. The maximum Gasteiger partial charge on any atom is 0.348 e. The number of hydrogen-bond acceptors (Lipinski definition) is 7. The minimum absolute atomic E-state index is 0.0244. The monoisotopic (exact) mass is 422 g/mol. The van der Waals surface area contributed by atoms with Gasteiger partial charge in [-0.15, -0.1) is 11.3 Å². The van der Waals surface area contributed by atoms with Crippen molar-refractivity contribution in [3.63, 3.8) is 0 Å². The Balaban J connectivity index is 1.80. The fourth-order valence-electron chi connectivity index (χ4n) is 3.87. The zero-order chi connectivity index (χ0) is 21.1. The number of H-pyrrole nitrogens is 1. The number of fused-ring (bicyclic) bond motifs is 1. The van der Waals surface area contributed by atoms with E-state index in [1.165, 1.54) is 16.2 Å². The van der Waals surface area contributed by atoms with Crippen molar-refractivity contribution in [2.24, 2.45) is 5.92 Å². The van der Waals surface area contributed by atoms with Crippen LogP contribution in [0.15, 0.2) is 4.79 Å². The van der Waals surface area contributed by atoms with Crippen molar-refractivity contribution in [2.75, 3.05) is 26.3 Å². The molecule has 1 aliphatic rings. The number of esters is 2. The third-order valence-electron chi connectivity index (χ3n) is 5.55. The van der Waals surface area contributed by atoms with Crippen molar-refractivity contribution in [1.82, 2.24) is 9.97 Å². The van der Waals surface area contributed by atoms with Gasteiger partial charge in [-0.05, 0) is 33.3 Å². The molecule has 3 heterocycles. The first-order chi connectivity index (χ1) is 13.9. The SMILES string of the molecule is CCOC(=O)c1sc2nc([C@@H](C)[NH+]3CCC(C(=O)OCC)CC3)[nH]c(=O)c2c1C. The van der Waals surface area contributed by atoms with Crippen molar-refractivity contribution < 1.29 is 24.0 Å². The van der Waals surface area contributed by atoms with Crippen molar-refractivity contribution >= 4 is 33.5 Å². The van der Waals surface area contributed by atoms with Crippen LogP contribution in [0.1, 0.15) is 60.7 Å². The van der Waals surface area contributed by atoms with E-state index in [9.17, 15) is 14.4 Å². The van der Waals surface area contributed by atoms with Crippen LogP contribution in [-0.2, 0) is 14.3 Å². The molecule has 158 valence electrons. The van der Waals surface area contributed by atoms with Gasteiger partial charge in [0.1, 0.15) is 15.7 Å². The van der Waals surface area contributed by atoms with Crippen LogP contribution >= 0.6 is 11.3 Å². The second-order valence-corrected chi connectivity index (χ2v) is 8.31. The number of aromatic nitrogens is 2. The first-order valence-corrected chi connectivity index (χ1v) is 10.9. The van der Waals surface area contributed by atoms with E-state index < -0.39 is 5.97 Å². The van der Waals surface area contributed by atoms with Gasteiger partial charge < -0.3 is 19.4 Å². The lowest BCUT2D eigenvalue weighted by atomic mass is 9.96. The molecule has 0 aliphatic carbocycles. The summed E-state index contributed by atoms with van der Waals surface area (Å²) in [4.78, 5) is 46.6. The van der Waals surface area contributed by atoms with Gasteiger partial charge in [-0.25, -0.2) is 9.78 Å². The summed E-state index contributed by atoms with van der Waals surface area (Å²) in [7, 11) is 0. The Hall–Kier alpha value is -2.26. The number of hydrogen-bond donors (Lipinski definition) is 2. The Morgan fingerprint density at radius 3 is 2.52 bits per heavy atom. The number of nitrogens with zero attached hydrogens (tertiary/aromatic N) is 1. The van der Waals surface area contributed by atoms with Crippen LogP contribution in [0.25, 0.3) is 10.2 Å². The normalized spacial score (nSPS) is 20.4. The van der Waals surface area contributed by atoms with Crippen LogP contribution < -0.4 is 10.5 Å². The first kappa shape index (κ1) is 21.4. The lowest BCUT2D eigenvalue weighted by Gasteiger charge is -2.31. The van der Waals surface area contributed by atoms with Gasteiger partial charge in [0, 0.05) is 12.8 Å². The summed E-state index contributed by atoms with van der Waals surface area (Å²) in [6, 6.07) is -0.0244. The van der Waals surface area contributed by atoms with Gasteiger partial charge in [0.25, 0.3) is 5.56 Å². The Labute approximate surface area is 173 Å². The van der Waals surface area contributed by atoms with Crippen molar-refractivity contribution in [3.05, 3.63) is 26.6 Å². The fourth-order valence-corrected chi connectivity index (χ4v) is 4.95. The van der Waals surface area contributed by atoms with Crippen molar-refractivity contribution in [2.45, 2.75) is 46.6 Å². The molecular formula is C20H28N3O5S+. The summed E-state index contributed by atoms with van der Waals surface area (Å²) >= 11 is 1.20. The zero-order valence-corrected chi connectivity index (χ0v) is 18.1. The molecule has 0 bridgehead atoms. The third-order valence-corrected chi connectivity index (χ3v) is 6.72. The number of quaternary nitrogens is 1. The van der Waals surface area contributed by atoms with E-state index in [-0.39, 0.29) is 30.1 Å². The van der Waals surface area contributed by atoms with Crippen LogP contribution in [0.3, 0.4) is 0 Å². The van der Waals surface area contributed by atoms with Crippen LogP contribution in [0.5, 0.6) is 0 Å². The minimum atomic E-state index is -0.423. The number of rotatable bonds is 6. The number of ether oxygens (including phenoxy) is 2. The highest BCUT2D eigenvalue weighted by Gasteiger charge is 2.32.